The zero-order valence-corrected chi connectivity index (χ0v) is 10.0. The van der Waals surface area contributed by atoms with Gasteiger partial charge in [-0.3, -0.25) is 0 Å². The van der Waals surface area contributed by atoms with Crippen LogP contribution in [0.5, 0.6) is 0 Å². The molecule has 0 radical (unpaired) electrons. The van der Waals surface area contributed by atoms with Gasteiger partial charge in [-0.1, -0.05) is 0 Å². The maximum atomic E-state index is 11.6. The summed E-state index contributed by atoms with van der Waals surface area (Å²) in [6.45, 7) is 5.17. The molecule has 1 atom stereocenters. The smallest absolute Gasteiger partial charge is 0.467 e. The lowest BCUT2D eigenvalue weighted by molar-refractivity contribution is -0.157. The third-order valence-electron chi connectivity index (χ3n) is 1.87. The molecule has 1 rings (SSSR count). The highest BCUT2D eigenvalue weighted by molar-refractivity contribution is 6.57. The van der Waals surface area contributed by atoms with Gasteiger partial charge in [-0.15, -0.1) is 0 Å². The Morgan fingerprint density at radius 1 is 1.47 bits per heavy atom. The van der Waals surface area contributed by atoms with Crippen LogP contribution >= 0.6 is 0 Å². The Labute approximate surface area is 99.5 Å². The van der Waals surface area contributed by atoms with Crippen LogP contribution in [0.1, 0.15) is 32.6 Å². The fourth-order valence-corrected chi connectivity index (χ4v) is 1.16. The molecule has 0 saturated carbocycles. The Hall–Kier alpha value is -1.31. The van der Waals surface area contributed by atoms with Gasteiger partial charge < -0.3 is 24.9 Å². The molecule has 0 amide bonds. The largest absolute Gasteiger partial charge is 0.526 e. The summed E-state index contributed by atoms with van der Waals surface area (Å²) in [5.74, 6) is -0.506. The number of hydrogen-bond donors (Lipinski definition) is 3. The number of furan rings is 1. The number of esters is 1. The molecule has 17 heavy (non-hydrogen) atoms. The molecule has 0 saturated heterocycles. The molecule has 0 aliphatic heterocycles. The van der Waals surface area contributed by atoms with Gasteiger partial charge in [0.1, 0.15) is 17.0 Å². The molecule has 94 valence electrons. The summed E-state index contributed by atoms with van der Waals surface area (Å²) in [6.07, 6.45) is 0. The second kappa shape index (κ2) is 4.91. The molecular weight excluding hydrogens is 225 g/mol. The number of rotatable bonds is 3. The van der Waals surface area contributed by atoms with Crippen molar-refractivity contribution in [3.63, 3.8) is 0 Å². The lowest BCUT2D eigenvalue weighted by Crippen LogP contribution is -2.32. The fourth-order valence-electron chi connectivity index (χ4n) is 1.16. The Morgan fingerprint density at radius 3 is 2.47 bits per heavy atom. The molecule has 0 spiro atoms. The van der Waals surface area contributed by atoms with Crippen LogP contribution in [0.4, 0.5) is 0 Å². The highest BCUT2D eigenvalue weighted by Gasteiger charge is 2.27. The van der Waals surface area contributed by atoms with E-state index in [0.717, 1.165) is 0 Å². The lowest BCUT2D eigenvalue weighted by Gasteiger charge is -2.21. The molecule has 1 heterocycles. The van der Waals surface area contributed by atoms with E-state index in [2.05, 4.69) is 0 Å². The van der Waals surface area contributed by atoms with Crippen LogP contribution in [0.25, 0.3) is 0 Å². The Kier molecular flexibility index (Phi) is 3.97. The Balaban J connectivity index is 2.75. The van der Waals surface area contributed by atoms with Crippen LogP contribution in [0.15, 0.2) is 16.5 Å². The quantitative estimate of drug-likeness (QED) is 0.477. The van der Waals surface area contributed by atoms with Gasteiger partial charge in [0.25, 0.3) is 0 Å². The van der Waals surface area contributed by atoms with Crippen molar-refractivity contribution in [2.24, 2.45) is 5.73 Å². The third-order valence-corrected chi connectivity index (χ3v) is 1.87. The summed E-state index contributed by atoms with van der Waals surface area (Å²) in [7, 11) is -1.73. The minimum atomic E-state index is -1.73. The molecule has 0 bridgehead atoms. The zero-order valence-electron chi connectivity index (χ0n) is 10.0. The molecule has 1 unspecified atom stereocenters. The van der Waals surface area contributed by atoms with Gasteiger partial charge in [-0.2, -0.15) is 0 Å². The molecule has 7 heteroatoms. The Bertz CT molecular complexity index is 396. The molecule has 0 aliphatic carbocycles. The van der Waals surface area contributed by atoms with Gasteiger partial charge >= 0.3 is 13.1 Å². The highest BCUT2D eigenvalue weighted by atomic mass is 16.6. The van der Waals surface area contributed by atoms with Crippen molar-refractivity contribution in [1.29, 1.82) is 0 Å². The number of carbonyl (C=O) groups excluding carboxylic acids is 1. The van der Waals surface area contributed by atoms with Gasteiger partial charge in [0.15, 0.2) is 6.04 Å². The standard InChI is InChI=1S/C10H16BNO5/c1-10(2,3)17-9(13)8(12)6-4-5-7(16-6)11(14)15/h4-5,8,14-15H,12H2,1-3H3. The topological polar surface area (TPSA) is 106 Å². The van der Waals surface area contributed by atoms with E-state index in [1.54, 1.807) is 20.8 Å². The van der Waals surface area contributed by atoms with Crippen molar-refractivity contribution in [2.45, 2.75) is 32.4 Å². The maximum Gasteiger partial charge on any atom is 0.526 e. The monoisotopic (exact) mass is 241 g/mol. The SMILES string of the molecule is CC(C)(C)OC(=O)C(N)c1ccc(B(O)O)o1. The second-order valence-electron chi connectivity index (χ2n) is 4.62. The number of carbonyl (C=O) groups is 1. The molecule has 0 aromatic carbocycles. The van der Waals surface area contributed by atoms with Crippen molar-refractivity contribution in [1.82, 2.24) is 0 Å². The van der Waals surface area contributed by atoms with E-state index in [0.29, 0.717) is 0 Å². The van der Waals surface area contributed by atoms with Crippen molar-refractivity contribution in [3.8, 4) is 0 Å². The second-order valence-corrected chi connectivity index (χ2v) is 4.62. The average Bonchev–Trinajstić information content (AvgIpc) is 2.62. The first-order valence-electron chi connectivity index (χ1n) is 5.15. The van der Waals surface area contributed by atoms with Crippen LogP contribution in [0.3, 0.4) is 0 Å². The molecule has 1 aromatic rings. The van der Waals surface area contributed by atoms with E-state index in [1.807, 2.05) is 0 Å². The number of hydrogen-bond acceptors (Lipinski definition) is 6. The molecule has 0 aliphatic rings. The minimum Gasteiger partial charge on any atom is -0.467 e. The van der Waals surface area contributed by atoms with E-state index in [-0.39, 0.29) is 11.4 Å². The summed E-state index contributed by atoms with van der Waals surface area (Å²) in [4.78, 5) is 11.6. The van der Waals surface area contributed by atoms with E-state index >= 15 is 0 Å². The lowest BCUT2D eigenvalue weighted by atomic mass is 9.88. The van der Waals surface area contributed by atoms with E-state index < -0.39 is 24.7 Å². The van der Waals surface area contributed by atoms with Crippen molar-refractivity contribution in [3.05, 3.63) is 17.9 Å². The molecular formula is C10H16BNO5. The maximum absolute atomic E-state index is 11.6. The number of nitrogens with two attached hydrogens (primary N) is 1. The van der Waals surface area contributed by atoms with Crippen LogP contribution in [-0.2, 0) is 9.53 Å². The third kappa shape index (κ3) is 3.88. The molecule has 1 aromatic heterocycles. The van der Waals surface area contributed by atoms with Gasteiger partial charge in [-0.05, 0) is 32.9 Å². The first-order chi connectivity index (χ1) is 7.70. The summed E-state index contributed by atoms with van der Waals surface area (Å²) in [6, 6.07) is 1.66. The molecule has 0 fully saturated rings. The average molecular weight is 241 g/mol. The molecule has 4 N–H and O–H groups in total. The van der Waals surface area contributed by atoms with Crippen molar-refractivity contribution >= 4 is 18.7 Å². The van der Waals surface area contributed by atoms with Crippen LogP contribution < -0.4 is 11.4 Å². The first-order valence-corrected chi connectivity index (χ1v) is 5.15. The van der Waals surface area contributed by atoms with Gasteiger partial charge in [-0.25, -0.2) is 4.79 Å². The predicted octanol–water partition coefficient (Wildman–Crippen LogP) is -0.699. The van der Waals surface area contributed by atoms with Crippen LogP contribution in [0, 0.1) is 0 Å². The van der Waals surface area contributed by atoms with Gasteiger partial charge in [0, 0.05) is 0 Å². The summed E-state index contributed by atoms with van der Waals surface area (Å²) in [5, 5.41) is 17.7. The fraction of sp³-hybridized carbons (Fsp3) is 0.500. The van der Waals surface area contributed by atoms with Gasteiger partial charge in [0.2, 0.25) is 0 Å². The van der Waals surface area contributed by atoms with Crippen molar-refractivity contribution in [2.75, 3.05) is 0 Å². The highest BCUT2D eigenvalue weighted by Crippen LogP contribution is 2.16. The summed E-state index contributed by atoms with van der Waals surface area (Å²) in [5.41, 5.74) is 4.92. The van der Waals surface area contributed by atoms with Crippen molar-refractivity contribution < 1.29 is 24.0 Å². The minimum absolute atomic E-state index is 0.0704. The van der Waals surface area contributed by atoms with Crippen LogP contribution in [-0.4, -0.2) is 28.7 Å². The summed E-state index contributed by atoms with van der Waals surface area (Å²) >= 11 is 0. The summed E-state index contributed by atoms with van der Waals surface area (Å²) < 4.78 is 10.1. The Morgan fingerprint density at radius 2 is 2.06 bits per heavy atom. The van der Waals surface area contributed by atoms with E-state index in [9.17, 15) is 4.79 Å². The molecule has 6 nitrogen and oxygen atoms in total. The van der Waals surface area contributed by atoms with Gasteiger partial charge in [0.05, 0.1) is 0 Å². The zero-order chi connectivity index (χ0) is 13.2. The predicted molar refractivity (Wildman–Crippen MR) is 61.3 cm³/mol. The van der Waals surface area contributed by atoms with Crippen LogP contribution in [0.2, 0.25) is 0 Å². The van der Waals surface area contributed by atoms with E-state index in [4.69, 9.17) is 24.9 Å². The number of ether oxygens (including phenoxy) is 1. The first kappa shape index (κ1) is 13.8. The van der Waals surface area contributed by atoms with E-state index in [1.165, 1.54) is 12.1 Å². The normalized spacial score (nSPS) is 13.3.